The number of nitrogens with two attached hydrogens (primary N) is 1. The molecule has 1 saturated carbocycles. The van der Waals surface area contributed by atoms with Gasteiger partial charge < -0.3 is 10.5 Å². The first kappa shape index (κ1) is 13.0. The fraction of sp³-hybridized carbons (Fsp3) is 0.647. The van der Waals surface area contributed by atoms with E-state index in [4.69, 9.17) is 10.5 Å². The summed E-state index contributed by atoms with van der Waals surface area (Å²) in [6, 6.07) is 6.84. The van der Waals surface area contributed by atoms with Gasteiger partial charge in [-0.25, -0.2) is 0 Å². The van der Waals surface area contributed by atoms with Crippen molar-refractivity contribution in [3.05, 3.63) is 29.3 Å². The van der Waals surface area contributed by atoms with Gasteiger partial charge in [-0.3, -0.25) is 0 Å². The highest BCUT2D eigenvalue weighted by Gasteiger charge is 2.27. The van der Waals surface area contributed by atoms with Gasteiger partial charge in [0, 0.05) is 6.04 Å². The van der Waals surface area contributed by atoms with Crippen LogP contribution in [0.15, 0.2) is 18.2 Å². The molecule has 2 nitrogen and oxygen atoms in total. The zero-order valence-corrected chi connectivity index (χ0v) is 11.9. The minimum absolute atomic E-state index is 0.199. The van der Waals surface area contributed by atoms with E-state index in [1.165, 1.54) is 43.2 Å². The third-order valence-corrected chi connectivity index (χ3v) is 4.71. The second-order valence-electron chi connectivity index (χ2n) is 6.38. The first-order valence-corrected chi connectivity index (χ1v) is 7.76. The molecule has 2 aliphatic carbocycles. The van der Waals surface area contributed by atoms with Gasteiger partial charge in [0.05, 0.1) is 0 Å². The third-order valence-electron chi connectivity index (χ3n) is 4.71. The lowest BCUT2D eigenvalue weighted by Crippen LogP contribution is -2.43. The number of hydrogen-bond acceptors (Lipinski definition) is 2. The Hall–Kier alpha value is -1.02. The summed E-state index contributed by atoms with van der Waals surface area (Å²) < 4.78 is 6.18. The lowest BCUT2D eigenvalue weighted by atomic mass is 9.85. The van der Waals surface area contributed by atoms with Crippen LogP contribution < -0.4 is 10.5 Å². The monoisotopic (exact) mass is 259 g/mol. The first-order valence-electron chi connectivity index (χ1n) is 7.76. The van der Waals surface area contributed by atoms with E-state index in [0.29, 0.717) is 0 Å². The van der Waals surface area contributed by atoms with Crippen LogP contribution in [0.2, 0.25) is 0 Å². The van der Waals surface area contributed by atoms with Crippen molar-refractivity contribution < 1.29 is 4.74 Å². The maximum atomic E-state index is 6.20. The molecular formula is C17H25NO. The van der Waals surface area contributed by atoms with E-state index in [-0.39, 0.29) is 12.1 Å². The summed E-state index contributed by atoms with van der Waals surface area (Å²) in [5, 5.41) is 0. The second kappa shape index (κ2) is 5.54. The largest absolute Gasteiger partial charge is 0.489 e. The van der Waals surface area contributed by atoms with Crippen molar-refractivity contribution in [2.75, 3.05) is 0 Å². The van der Waals surface area contributed by atoms with Crippen molar-refractivity contribution in [1.29, 1.82) is 0 Å². The van der Waals surface area contributed by atoms with Crippen LogP contribution in [0.1, 0.15) is 50.2 Å². The molecule has 19 heavy (non-hydrogen) atoms. The molecule has 3 unspecified atom stereocenters. The number of ether oxygens (including phenoxy) is 1. The molecule has 2 aliphatic rings. The van der Waals surface area contributed by atoms with Crippen LogP contribution in [0, 0.1) is 5.92 Å². The standard InChI is InChI=1S/C17H25NO/c1-12-6-9-16(18)17(10-12)19-15-8-7-13-4-2-3-5-14(13)11-15/h7-8,11-12,16-17H,2-6,9-10,18H2,1H3. The number of hydrogen-bond donors (Lipinski definition) is 1. The Morgan fingerprint density at radius 2 is 1.89 bits per heavy atom. The number of fused-ring (bicyclic) bond motifs is 1. The van der Waals surface area contributed by atoms with Crippen molar-refractivity contribution in [3.63, 3.8) is 0 Å². The minimum atomic E-state index is 0.199. The van der Waals surface area contributed by atoms with Gasteiger partial charge in [0.2, 0.25) is 0 Å². The topological polar surface area (TPSA) is 35.2 Å². The average Bonchev–Trinajstić information content (AvgIpc) is 2.43. The maximum absolute atomic E-state index is 6.20. The predicted molar refractivity (Wildman–Crippen MR) is 78.5 cm³/mol. The molecule has 3 rings (SSSR count). The highest BCUT2D eigenvalue weighted by molar-refractivity contribution is 5.37. The van der Waals surface area contributed by atoms with Gasteiger partial charge in [-0.05, 0) is 74.1 Å². The Morgan fingerprint density at radius 1 is 1.11 bits per heavy atom. The Bertz CT molecular complexity index is 443. The minimum Gasteiger partial charge on any atom is -0.489 e. The SMILES string of the molecule is CC1CCC(N)C(Oc2ccc3c(c2)CCCC3)C1. The molecule has 0 bridgehead atoms. The van der Waals surface area contributed by atoms with Crippen LogP contribution in [0.25, 0.3) is 0 Å². The van der Waals surface area contributed by atoms with Gasteiger partial charge >= 0.3 is 0 Å². The first-order chi connectivity index (χ1) is 9.22. The molecule has 0 saturated heterocycles. The predicted octanol–water partition coefficient (Wildman–Crippen LogP) is 3.46. The molecule has 0 spiro atoms. The van der Waals surface area contributed by atoms with Gasteiger partial charge in [-0.15, -0.1) is 0 Å². The fourth-order valence-electron chi connectivity index (χ4n) is 3.45. The van der Waals surface area contributed by atoms with Gasteiger partial charge in [0.25, 0.3) is 0 Å². The summed E-state index contributed by atoms with van der Waals surface area (Å²) in [4.78, 5) is 0. The normalized spacial score (nSPS) is 30.7. The molecule has 3 atom stereocenters. The second-order valence-corrected chi connectivity index (χ2v) is 6.38. The average molecular weight is 259 g/mol. The maximum Gasteiger partial charge on any atom is 0.120 e. The molecule has 2 heteroatoms. The Kier molecular flexibility index (Phi) is 3.79. The van der Waals surface area contributed by atoms with Crippen molar-refractivity contribution in [3.8, 4) is 5.75 Å². The lowest BCUT2D eigenvalue weighted by Gasteiger charge is -2.33. The zero-order valence-electron chi connectivity index (χ0n) is 11.9. The van der Waals surface area contributed by atoms with E-state index in [1.54, 1.807) is 0 Å². The number of aryl methyl sites for hydroxylation is 2. The van der Waals surface area contributed by atoms with Crippen LogP contribution in [0.3, 0.4) is 0 Å². The summed E-state index contributed by atoms with van der Waals surface area (Å²) >= 11 is 0. The molecule has 0 aliphatic heterocycles. The Labute approximate surface area is 116 Å². The Morgan fingerprint density at radius 3 is 2.74 bits per heavy atom. The highest BCUT2D eigenvalue weighted by atomic mass is 16.5. The van der Waals surface area contributed by atoms with E-state index < -0.39 is 0 Å². The van der Waals surface area contributed by atoms with E-state index in [0.717, 1.165) is 24.5 Å². The molecule has 1 fully saturated rings. The van der Waals surface area contributed by atoms with Gasteiger partial charge in [0.1, 0.15) is 11.9 Å². The molecular weight excluding hydrogens is 234 g/mol. The molecule has 104 valence electrons. The molecule has 0 heterocycles. The van der Waals surface area contributed by atoms with E-state index in [9.17, 15) is 0 Å². The van der Waals surface area contributed by atoms with Crippen molar-refractivity contribution in [2.24, 2.45) is 11.7 Å². The Balaban J connectivity index is 1.72. The summed E-state index contributed by atoms with van der Waals surface area (Å²) in [7, 11) is 0. The highest BCUT2D eigenvalue weighted by Crippen LogP contribution is 2.29. The van der Waals surface area contributed by atoms with Gasteiger partial charge in [-0.1, -0.05) is 13.0 Å². The zero-order chi connectivity index (χ0) is 13.2. The van der Waals surface area contributed by atoms with Crippen molar-refractivity contribution >= 4 is 0 Å². The molecule has 0 amide bonds. The fourth-order valence-corrected chi connectivity index (χ4v) is 3.45. The molecule has 0 aromatic heterocycles. The quantitative estimate of drug-likeness (QED) is 0.882. The van der Waals surface area contributed by atoms with E-state index >= 15 is 0 Å². The van der Waals surface area contributed by atoms with Gasteiger partial charge in [0.15, 0.2) is 0 Å². The summed E-state index contributed by atoms with van der Waals surface area (Å²) in [6.45, 7) is 2.30. The molecule has 0 radical (unpaired) electrons. The van der Waals surface area contributed by atoms with Gasteiger partial charge in [-0.2, -0.15) is 0 Å². The smallest absolute Gasteiger partial charge is 0.120 e. The molecule has 1 aromatic carbocycles. The third kappa shape index (κ3) is 2.94. The van der Waals surface area contributed by atoms with Crippen LogP contribution >= 0.6 is 0 Å². The summed E-state index contributed by atoms with van der Waals surface area (Å²) in [6.07, 6.45) is 8.72. The molecule has 2 N–H and O–H groups in total. The lowest BCUT2D eigenvalue weighted by molar-refractivity contribution is 0.108. The van der Waals surface area contributed by atoms with E-state index in [1.807, 2.05) is 0 Å². The number of benzene rings is 1. The van der Waals surface area contributed by atoms with Crippen molar-refractivity contribution in [2.45, 2.75) is 64.0 Å². The summed E-state index contributed by atoms with van der Waals surface area (Å²) in [5.74, 6) is 1.76. The summed E-state index contributed by atoms with van der Waals surface area (Å²) in [5.41, 5.74) is 9.20. The van der Waals surface area contributed by atoms with Crippen LogP contribution in [0.4, 0.5) is 0 Å². The van der Waals surface area contributed by atoms with Crippen LogP contribution in [0.5, 0.6) is 5.75 Å². The van der Waals surface area contributed by atoms with Crippen LogP contribution in [-0.4, -0.2) is 12.1 Å². The van der Waals surface area contributed by atoms with E-state index in [2.05, 4.69) is 25.1 Å². The molecule has 1 aromatic rings. The van der Waals surface area contributed by atoms with Crippen molar-refractivity contribution in [1.82, 2.24) is 0 Å². The number of rotatable bonds is 2. The van der Waals surface area contributed by atoms with Crippen LogP contribution in [-0.2, 0) is 12.8 Å².